The maximum Gasteiger partial charge on any atom is 0.125 e. The van der Waals surface area contributed by atoms with Gasteiger partial charge < -0.3 is 15.4 Å². The number of ether oxygens (including phenoxy) is 1. The normalized spacial score (nSPS) is 20.7. The van der Waals surface area contributed by atoms with Gasteiger partial charge in [0, 0.05) is 37.1 Å². The minimum absolute atomic E-state index is 0.224. The number of hydrogen-bond donors (Lipinski definition) is 1. The summed E-state index contributed by atoms with van der Waals surface area (Å²) >= 11 is 0. The van der Waals surface area contributed by atoms with Gasteiger partial charge >= 0.3 is 0 Å². The van der Waals surface area contributed by atoms with Gasteiger partial charge in [-0.2, -0.15) is 0 Å². The van der Waals surface area contributed by atoms with E-state index in [2.05, 4.69) is 40.0 Å². The second kappa shape index (κ2) is 8.95. The Bertz CT molecular complexity index is 854. The molecule has 2 aliphatic rings. The number of hydrogen-bond acceptors (Lipinski definition) is 5. The molecule has 0 spiro atoms. The average molecular weight is 397 g/mol. The zero-order chi connectivity index (χ0) is 20.2. The lowest BCUT2D eigenvalue weighted by Crippen LogP contribution is -2.38. The van der Waals surface area contributed by atoms with Gasteiger partial charge in [0.25, 0.3) is 0 Å². The van der Waals surface area contributed by atoms with Crippen molar-refractivity contribution < 1.29 is 9.13 Å². The fourth-order valence-electron chi connectivity index (χ4n) is 3.95. The van der Waals surface area contributed by atoms with Gasteiger partial charge in [-0.15, -0.1) is 0 Å². The monoisotopic (exact) mass is 396 g/mol. The summed E-state index contributed by atoms with van der Waals surface area (Å²) in [4.78, 5) is 6.68. The predicted octanol–water partition coefficient (Wildman–Crippen LogP) is 2.99. The molecule has 2 heterocycles. The first-order chi connectivity index (χ1) is 14.1. The van der Waals surface area contributed by atoms with E-state index in [1.165, 1.54) is 6.07 Å². The van der Waals surface area contributed by atoms with Crippen LogP contribution in [-0.4, -0.2) is 62.3 Å². The van der Waals surface area contributed by atoms with Crippen molar-refractivity contribution >= 4 is 11.4 Å². The summed E-state index contributed by atoms with van der Waals surface area (Å²) in [5, 5.41) is 0. The van der Waals surface area contributed by atoms with Crippen LogP contribution in [-0.2, 0) is 0 Å². The number of nitrogens with zero attached hydrogens (tertiary/aromatic N) is 3. The number of likely N-dealkylation sites (N-methyl/N-ethyl adjacent to an activating group) is 1. The molecule has 2 N–H and O–H groups in total. The van der Waals surface area contributed by atoms with Crippen molar-refractivity contribution in [2.24, 2.45) is 5.73 Å². The Morgan fingerprint density at radius 2 is 2.00 bits per heavy atom. The van der Waals surface area contributed by atoms with Gasteiger partial charge in [0.2, 0.25) is 0 Å². The van der Waals surface area contributed by atoms with Gasteiger partial charge in [0.1, 0.15) is 18.2 Å². The van der Waals surface area contributed by atoms with Crippen LogP contribution in [0.3, 0.4) is 0 Å². The Hall–Kier alpha value is -2.41. The standard InChI is InChI=1S/C23H29FN4O/c1-26-11-10-23(28(17-26)21-4-2-3-19(24)15-21)18-5-7-22(8-6-18)29-14-13-27-12-9-20(25)16-27/h2-8,10,15,20H,9,11-14,16-17,25H2,1H3. The number of halogens is 1. The third-order valence-electron chi connectivity index (χ3n) is 5.52. The minimum Gasteiger partial charge on any atom is -0.492 e. The van der Waals surface area contributed by atoms with Crippen LogP contribution >= 0.6 is 0 Å². The van der Waals surface area contributed by atoms with Crippen LogP contribution in [0.15, 0.2) is 54.6 Å². The second-order valence-electron chi connectivity index (χ2n) is 7.90. The van der Waals surface area contributed by atoms with Crippen molar-refractivity contribution in [1.82, 2.24) is 9.80 Å². The lowest BCUT2D eigenvalue weighted by atomic mass is 10.1. The Labute approximate surface area is 172 Å². The van der Waals surface area contributed by atoms with E-state index in [4.69, 9.17) is 10.5 Å². The van der Waals surface area contributed by atoms with E-state index < -0.39 is 0 Å². The molecule has 6 heteroatoms. The highest BCUT2D eigenvalue weighted by Gasteiger charge is 2.21. The first kappa shape index (κ1) is 19.9. The van der Waals surface area contributed by atoms with Gasteiger partial charge in [-0.3, -0.25) is 9.80 Å². The van der Waals surface area contributed by atoms with E-state index in [-0.39, 0.29) is 5.82 Å². The van der Waals surface area contributed by atoms with Gasteiger partial charge in [0.15, 0.2) is 0 Å². The lowest BCUT2D eigenvalue weighted by molar-refractivity contribution is 0.236. The molecule has 1 fully saturated rings. The summed E-state index contributed by atoms with van der Waals surface area (Å²) in [5.74, 6) is 0.640. The first-order valence-corrected chi connectivity index (χ1v) is 10.2. The Balaban J connectivity index is 1.42. The van der Waals surface area contributed by atoms with E-state index in [1.54, 1.807) is 12.1 Å². The Kier molecular flexibility index (Phi) is 6.13. The molecule has 0 amide bonds. The molecule has 2 aromatic rings. The number of benzene rings is 2. The van der Waals surface area contributed by atoms with Crippen molar-refractivity contribution in [2.45, 2.75) is 12.5 Å². The molecule has 0 aliphatic carbocycles. The van der Waals surface area contributed by atoms with Crippen LogP contribution in [0, 0.1) is 5.82 Å². The maximum absolute atomic E-state index is 13.8. The molecule has 2 aliphatic heterocycles. The molecule has 2 aromatic carbocycles. The molecule has 0 radical (unpaired) electrons. The first-order valence-electron chi connectivity index (χ1n) is 10.2. The van der Waals surface area contributed by atoms with Crippen LogP contribution in [0.2, 0.25) is 0 Å². The Morgan fingerprint density at radius 3 is 2.72 bits per heavy atom. The molecule has 5 nitrogen and oxygen atoms in total. The molecule has 1 saturated heterocycles. The minimum atomic E-state index is -0.224. The molecule has 1 unspecified atom stereocenters. The molecule has 4 rings (SSSR count). The molecule has 0 bridgehead atoms. The zero-order valence-corrected chi connectivity index (χ0v) is 16.9. The molecular weight excluding hydrogens is 367 g/mol. The van der Waals surface area contributed by atoms with Crippen LogP contribution in [0.25, 0.3) is 5.70 Å². The summed E-state index contributed by atoms with van der Waals surface area (Å²) in [6.45, 7) is 5.15. The van der Waals surface area contributed by atoms with Crippen LogP contribution in [0.1, 0.15) is 12.0 Å². The van der Waals surface area contributed by atoms with E-state index in [0.29, 0.717) is 19.3 Å². The van der Waals surface area contributed by atoms with Crippen molar-refractivity contribution in [3.05, 3.63) is 66.0 Å². The summed E-state index contributed by atoms with van der Waals surface area (Å²) in [5.41, 5.74) is 8.99. The molecule has 0 aromatic heterocycles. The largest absolute Gasteiger partial charge is 0.492 e. The maximum atomic E-state index is 13.8. The molecule has 0 saturated carbocycles. The number of anilines is 1. The summed E-state index contributed by atoms with van der Waals surface area (Å²) < 4.78 is 19.7. The smallest absolute Gasteiger partial charge is 0.125 e. The van der Waals surface area contributed by atoms with Crippen LogP contribution in [0.4, 0.5) is 10.1 Å². The second-order valence-corrected chi connectivity index (χ2v) is 7.90. The quantitative estimate of drug-likeness (QED) is 0.813. The van der Waals surface area contributed by atoms with Gasteiger partial charge in [-0.1, -0.05) is 6.07 Å². The Morgan fingerprint density at radius 1 is 1.17 bits per heavy atom. The third kappa shape index (κ3) is 4.96. The molecule has 154 valence electrons. The van der Waals surface area contributed by atoms with Crippen molar-refractivity contribution in [2.75, 3.05) is 51.4 Å². The van der Waals surface area contributed by atoms with E-state index >= 15 is 0 Å². The van der Waals surface area contributed by atoms with Crippen molar-refractivity contribution in [3.63, 3.8) is 0 Å². The van der Waals surface area contributed by atoms with E-state index in [1.807, 2.05) is 18.2 Å². The fourth-order valence-corrected chi connectivity index (χ4v) is 3.95. The van der Waals surface area contributed by atoms with E-state index in [0.717, 1.165) is 55.3 Å². The highest BCUT2D eigenvalue weighted by atomic mass is 19.1. The predicted molar refractivity (Wildman–Crippen MR) is 115 cm³/mol. The molecule has 1 atom stereocenters. The average Bonchev–Trinajstić information content (AvgIpc) is 3.14. The van der Waals surface area contributed by atoms with Crippen LogP contribution in [0.5, 0.6) is 5.75 Å². The third-order valence-corrected chi connectivity index (χ3v) is 5.52. The topological polar surface area (TPSA) is 45.0 Å². The van der Waals surface area contributed by atoms with Gasteiger partial charge in [0.05, 0.1) is 6.67 Å². The summed E-state index contributed by atoms with van der Waals surface area (Å²) in [6, 6.07) is 15.2. The van der Waals surface area contributed by atoms with E-state index in [9.17, 15) is 4.39 Å². The number of nitrogens with two attached hydrogens (primary N) is 1. The van der Waals surface area contributed by atoms with Crippen molar-refractivity contribution in [1.29, 1.82) is 0 Å². The van der Waals surface area contributed by atoms with Crippen LogP contribution < -0.4 is 15.4 Å². The van der Waals surface area contributed by atoms with Crippen molar-refractivity contribution in [3.8, 4) is 5.75 Å². The highest BCUT2D eigenvalue weighted by Crippen LogP contribution is 2.30. The number of likely N-dealkylation sites (tertiary alicyclic amines) is 1. The van der Waals surface area contributed by atoms with Gasteiger partial charge in [-0.25, -0.2) is 4.39 Å². The highest BCUT2D eigenvalue weighted by molar-refractivity contribution is 5.80. The molecule has 29 heavy (non-hydrogen) atoms. The lowest BCUT2D eigenvalue weighted by Gasteiger charge is -2.35. The SMILES string of the molecule is CN1CC=C(c2ccc(OCCN3CCC(N)C3)cc2)N(c2cccc(F)c2)C1. The number of rotatable bonds is 6. The summed E-state index contributed by atoms with van der Waals surface area (Å²) in [7, 11) is 2.06. The molecular formula is C23H29FN4O. The summed E-state index contributed by atoms with van der Waals surface area (Å²) in [6.07, 6.45) is 3.25. The fraction of sp³-hybridized carbons (Fsp3) is 0.391. The van der Waals surface area contributed by atoms with Gasteiger partial charge in [-0.05, 0) is 74.1 Å². The zero-order valence-electron chi connectivity index (χ0n) is 16.9.